The molecule has 0 unspecified atom stereocenters. The summed E-state index contributed by atoms with van der Waals surface area (Å²) in [6, 6.07) is 17.0. The number of carboxylic acid groups (broad SMARTS) is 1. The minimum absolute atomic E-state index is 0.258. The van der Waals surface area contributed by atoms with Gasteiger partial charge in [-0.25, -0.2) is 4.79 Å². The van der Waals surface area contributed by atoms with Crippen molar-refractivity contribution in [2.24, 2.45) is 5.10 Å². The number of nitrogens with zero attached hydrogens (tertiary/aromatic N) is 2. The molecule has 1 aliphatic carbocycles. The van der Waals surface area contributed by atoms with E-state index in [2.05, 4.69) is 45.8 Å². The summed E-state index contributed by atoms with van der Waals surface area (Å²) >= 11 is 0. The highest BCUT2D eigenvalue weighted by Gasteiger charge is 2.25. The van der Waals surface area contributed by atoms with Gasteiger partial charge in [-0.1, -0.05) is 30.3 Å². The molecule has 30 heavy (non-hydrogen) atoms. The molecule has 6 nitrogen and oxygen atoms in total. The Hall–Kier alpha value is -3.38. The fraction of sp³-hybridized carbons (Fsp3) is 0.250. The number of carbonyl (C=O) groups is 1. The van der Waals surface area contributed by atoms with Gasteiger partial charge >= 0.3 is 5.97 Å². The molecular weight excluding hydrogens is 378 g/mol. The number of rotatable bonds is 6. The van der Waals surface area contributed by atoms with Gasteiger partial charge in [0.1, 0.15) is 0 Å². The lowest BCUT2D eigenvalue weighted by molar-refractivity contribution is 0.0548. The molecule has 0 saturated carbocycles. The maximum absolute atomic E-state index is 11.0. The number of hydrogen-bond donors (Lipinski definition) is 2. The van der Waals surface area contributed by atoms with Crippen LogP contribution in [0.4, 0.5) is 5.69 Å². The van der Waals surface area contributed by atoms with Crippen LogP contribution in [-0.2, 0) is 4.74 Å². The van der Waals surface area contributed by atoms with Crippen LogP contribution in [0.3, 0.4) is 0 Å². The van der Waals surface area contributed by atoms with E-state index >= 15 is 0 Å². The minimum atomic E-state index is -0.936. The molecule has 0 spiro atoms. The van der Waals surface area contributed by atoms with E-state index in [0.717, 1.165) is 44.8 Å². The first kappa shape index (κ1) is 19.9. The van der Waals surface area contributed by atoms with Gasteiger partial charge in [-0.05, 0) is 59.9 Å². The Morgan fingerprint density at radius 2 is 1.77 bits per heavy atom. The minimum Gasteiger partial charge on any atom is -0.478 e. The molecule has 1 saturated heterocycles. The van der Waals surface area contributed by atoms with E-state index in [-0.39, 0.29) is 5.56 Å². The second-order valence-corrected chi connectivity index (χ2v) is 7.31. The highest BCUT2D eigenvalue weighted by atomic mass is 16.5. The van der Waals surface area contributed by atoms with E-state index in [1.165, 1.54) is 22.4 Å². The molecule has 1 fully saturated rings. The van der Waals surface area contributed by atoms with E-state index in [1.54, 1.807) is 24.3 Å². The summed E-state index contributed by atoms with van der Waals surface area (Å²) in [6.45, 7) is 3.23. The van der Waals surface area contributed by atoms with Gasteiger partial charge in [-0.2, -0.15) is 5.10 Å². The summed E-state index contributed by atoms with van der Waals surface area (Å²) in [5.74, 6) is -0.936. The number of nitrogens with one attached hydrogen (secondary N) is 1. The number of hydrogen-bond acceptors (Lipinski definition) is 5. The van der Waals surface area contributed by atoms with Crippen LogP contribution in [0.25, 0.3) is 6.08 Å². The fourth-order valence-electron chi connectivity index (χ4n) is 3.79. The van der Waals surface area contributed by atoms with Gasteiger partial charge in [0.15, 0.2) is 0 Å². The normalized spacial score (nSPS) is 18.4. The molecule has 1 aliphatic heterocycles. The highest BCUT2D eigenvalue weighted by molar-refractivity contribution is 5.88. The number of carboxylic acids is 1. The molecule has 0 atom stereocenters. The lowest BCUT2D eigenvalue weighted by Crippen LogP contribution is -2.36. The third-order valence-electron chi connectivity index (χ3n) is 5.29. The molecule has 2 N–H and O–H groups in total. The third kappa shape index (κ3) is 4.78. The van der Waals surface area contributed by atoms with Crippen molar-refractivity contribution in [3.8, 4) is 0 Å². The molecule has 6 heteroatoms. The maximum atomic E-state index is 11.0. The van der Waals surface area contributed by atoms with Crippen LogP contribution in [0.1, 0.15) is 28.8 Å². The van der Waals surface area contributed by atoms with Gasteiger partial charge in [0, 0.05) is 18.8 Å². The number of anilines is 1. The SMILES string of the molecule is O=C(O)c1ccc(N/N=C/C2=C(N3CCOCC3)C(=C\c3ccccc3)/CC2)cc1. The van der Waals surface area contributed by atoms with Crippen LogP contribution < -0.4 is 5.43 Å². The summed E-state index contributed by atoms with van der Waals surface area (Å²) in [6.07, 6.45) is 6.08. The Bertz CT molecular complexity index is 973. The number of morpholine rings is 1. The number of benzene rings is 2. The highest BCUT2D eigenvalue weighted by Crippen LogP contribution is 2.35. The Morgan fingerprint density at radius 1 is 1.03 bits per heavy atom. The number of allylic oxidation sites excluding steroid dienone is 2. The number of hydrazone groups is 1. The van der Waals surface area contributed by atoms with Crippen molar-refractivity contribution in [2.75, 3.05) is 31.7 Å². The molecule has 2 aliphatic rings. The maximum Gasteiger partial charge on any atom is 0.335 e. The molecule has 154 valence electrons. The van der Waals surface area contributed by atoms with Crippen LogP contribution in [-0.4, -0.2) is 48.5 Å². The lowest BCUT2D eigenvalue weighted by atomic mass is 10.1. The van der Waals surface area contributed by atoms with Gasteiger partial charge < -0.3 is 14.7 Å². The molecular formula is C24H25N3O3. The van der Waals surface area contributed by atoms with E-state index in [0.29, 0.717) is 0 Å². The summed E-state index contributed by atoms with van der Waals surface area (Å²) in [4.78, 5) is 13.4. The first-order chi connectivity index (χ1) is 14.7. The van der Waals surface area contributed by atoms with Crippen molar-refractivity contribution in [3.05, 3.63) is 82.6 Å². The topological polar surface area (TPSA) is 74.2 Å². The number of aromatic carboxylic acids is 1. The van der Waals surface area contributed by atoms with Crippen molar-refractivity contribution < 1.29 is 14.6 Å². The summed E-state index contributed by atoms with van der Waals surface area (Å²) < 4.78 is 5.54. The van der Waals surface area contributed by atoms with E-state index < -0.39 is 5.97 Å². The zero-order valence-corrected chi connectivity index (χ0v) is 16.8. The third-order valence-corrected chi connectivity index (χ3v) is 5.29. The van der Waals surface area contributed by atoms with Crippen LogP contribution in [0.2, 0.25) is 0 Å². The zero-order chi connectivity index (χ0) is 20.8. The predicted octanol–water partition coefficient (Wildman–Crippen LogP) is 4.25. The van der Waals surface area contributed by atoms with Crippen molar-refractivity contribution in [1.29, 1.82) is 0 Å². The average molecular weight is 403 g/mol. The first-order valence-electron chi connectivity index (χ1n) is 10.1. The summed E-state index contributed by atoms with van der Waals surface area (Å²) in [7, 11) is 0. The van der Waals surface area contributed by atoms with Gasteiger partial charge in [-0.15, -0.1) is 0 Å². The van der Waals surface area contributed by atoms with Crippen molar-refractivity contribution >= 4 is 23.9 Å². The molecule has 4 rings (SSSR count). The molecule has 0 bridgehead atoms. The van der Waals surface area contributed by atoms with Gasteiger partial charge in [-0.3, -0.25) is 5.43 Å². The van der Waals surface area contributed by atoms with E-state index in [9.17, 15) is 4.79 Å². The van der Waals surface area contributed by atoms with Gasteiger partial charge in [0.05, 0.1) is 30.7 Å². The second kappa shape index (κ2) is 9.41. The second-order valence-electron chi connectivity index (χ2n) is 7.31. The first-order valence-corrected chi connectivity index (χ1v) is 10.1. The monoisotopic (exact) mass is 403 g/mol. The van der Waals surface area contributed by atoms with E-state index in [1.807, 2.05) is 12.3 Å². The molecule has 0 amide bonds. The largest absolute Gasteiger partial charge is 0.478 e. The average Bonchev–Trinajstić information content (AvgIpc) is 3.17. The molecule has 0 aromatic heterocycles. The predicted molar refractivity (Wildman–Crippen MR) is 119 cm³/mol. The lowest BCUT2D eigenvalue weighted by Gasteiger charge is -2.31. The van der Waals surface area contributed by atoms with Crippen molar-refractivity contribution in [3.63, 3.8) is 0 Å². The molecule has 2 aromatic rings. The molecule has 2 aromatic carbocycles. The standard InChI is InChI=1S/C24H25N3O3/c28-24(29)19-8-10-22(11-9-19)26-25-17-21-7-6-20(16-18-4-2-1-3-5-18)23(21)27-12-14-30-15-13-27/h1-5,8-11,16-17,26H,6-7,12-15H2,(H,28,29)/b20-16-,25-17+. The van der Waals surface area contributed by atoms with Crippen molar-refractivity contribution in [1.82, 2.24) is 4.90 Å². The number of ether oxygens (including phenoxy) is 1. The van der Waals surface area contributed by atoms with Crippen LogP contribution in [0.5, 0.6) is 0 Å². The smallest absolute Gasteiger partial charge is 0.335 e. The summed E-state index contributed by atoms with van der Waals surface area (Å²) in [5, 5.41) is 13.4. The Labute approximate surface area is 176 Å². The fourth-order valence-corrected chi connectivity index (χ4v) is 3.79. The molecule has 1 heterocycles. The zero-order valence-electron chi connectivity index (χ0n) is 16.8. The Balaban J connectivity index is 1.56. The van der Waals surface area contributed by atoms with Crippen LogP contribution in [0.15, 0.2) is 76.5 Å². The summed E-state index contributed by atoms with van der Waals surface area (Å²) in [5.41, 5.74) is 9.01. The Morgan fingerprint density at radius 3 is 2.47 bits per heavy atom. The van der Waals surface area contributed by atoms with Crippen LogP contribution >= 0.6 is 0 Å². The van der Waals surface area contributed by atoms with Gasteiger partial charge in [0.2, 0.25) is 0 Å². The quantitative estimate of drug-likeness (QED) is 0.557. The van der Waals surface area contributed by atoms with Crippen LogP contribution in [0, 0.1) is 0 Å². The van der Waals surface area contributed by atoms with E-state index in [4.69, 9.17) is 9.84 Å². The van der Waals surface area contributed by atoms with Gasteiger partial charge in [0.25, 0.3) is 0 Å². The molecule has 0 radical (unpaired) electrons. The Kier molecular flexibility index (Phi) is 6.25. The van der Waals surface area contributed by atoms with Crippen molar-refractivity contribution in [2.45, 2.75) is 12.8 Å².